The molecular weight excluding hydrogens is 348 g/mol. The maximum atomic E-state index is 11.8. The highest BCUT2D eigenvalue weighted by atomic mass is 79.9. The molecule has 2 amide bonds. The van der Waals surface area contributed by atoms with Gasteiger partial charge in [0.15, 0.2) is 0 Å². The molecule has 2 aromatic rings. The van der Waals surface area contributed by atoms with Gasteiger partial charge in [-0.3, -0.25) is 20.4 Å². The van der Waals surface area contributed by atoms with Crippen LogP contribution in [0.2, 0.25) is 0 Å². The molecule has 2 rings (SSSR count). The summed E-state index contributed by atoms with van der Waals surface area (Å²) in [5, 5.41) is 0. The molecule has 0 aliphatic carbocycles. The van der Waals surface area contributed by atoms with E-state index >= 15 is 0 Å². The smallest absolute Gasteiger partial charge is 0.269 e. The lowest BCUT2D eigenvalue weighted by atomic mass is 10.2. The van der Waals surface area contributed by atoms with E-state index < -0.39 is 0 Å². The molecule has 0 spiro atoms. The zero-order chi connectivity index (χ0) is 15.8. The fourth-order valence-electron chi connectivity index (χ4n) is 1.64. The zero-order valence-corrected chi connectivity index (χ0v) is 13.3. The van der Waals surface area contributed by atoms with E-state index in [2.05, 4.69) is 26.8 Å². The molecule has 0 saturated heterocycles. The molecule has 0 aliphatic heterocycles. The molecule has 2 aromatic carbocycles. The van der Waals surface area contributed by atoms with Crippen LogP contribution in [0.4, 0.5) is 0 Å². The zero-order valence-electron chi connectivity index (χ0n) is 11.7. The van der Waals surface area contributed by atoms with E-state index in [4.69, 9.17) is 4.74 Å². The first kappa shape index (κ1) is 16.0. The number of halogens is 1. The van der Waals surface area contributed by atoms with Crippen LogP contribution in [0.25, 0.3) is 0 Å². The number of benzene rings is 2. The van der Waals surface area contributed by atoms with Crippen LogP contribution in [0.1, 0.15) is 16.8 Å². The van der Waals surface area contributed by atoms with Crippen molar-refractivity contribution in [1.82, 2.24) is 10.9 Å². The molecular formula is C16H15BrN2O3. The normalized spacial score (nSPS) is 9.86. The van der Waals surface area contributed by atoms with Crippen LogP contribution in [0.15, 0.2) is 59.1 Å². The van der Waals surface area contributed by atoms with Crippen LogP contribution in [-0.4, -0.2) is 18.4 Å². The van der Waals surface area contributed by atoms with E-state index in [1.54, 1.807) is 24.3 Å². The molecule has 0 aliphatic rings. The Kier molecular flexibility index (Phi) is 5.97. The molecule has 0 radical (unpaired) electrons. The van der Waals surface area contributed by atoms with Crippen molar-refractivity contribution in [2.24, 2.45) is 0 Å². The van der Waals surface area contributed by atoms with E-state index in [1.165, 1.54) is 0 Å². The van der Waals surface area contributed by atoms with Crippen molar-refractivity contribution in [3.05, 3.63) is 64.6 Å². The van der Waals surface area contributed by atoms with E-state index in [1.807, 2.05) is 30.3 Å². The topological polar surface area (TPSA) is 67.4 Å². The standard InChI is InChI=1S/C16H15BrN2O3/c17-13-8-6-12(7-9-13)16(21)19-18-15(20)10-11-22-14-4-2-1-3-5-14/h1-9H,10-11H2,(H,18,20)(H,19,21). The Bertz CT molecular complexity index is 630. The lowest BCUT2D eigenvalue weighted by Crippen LogP contribution is -2.42. The van der Waals surface area contributed by atoms with Crippen LogP contribution in [0.3, 0.4) is 0 Å². The summed E-state index contributed by atoms with van der Waals surface area (Å²) in [6, 6.07) is 16.0. The van der Waals surface area contributed by atoms with Gasteiger partial charge in [-0.05, 0) is 36.4 Å². The fraction of sp³-hybridized carbons (Fsp3) is 0.125. The van der Waals surface area contributed by atoms with Gasteiger partial charge in [-0.15, -0.1) is 0 Å². The summed E-state index contributed by atoms with van der Waals surface area (Å²) in [4.78, 5) is 23.4. The van der Waals surface area contributed by atoms with E-state index in [0.717, 1.165) is 4.47 Å². The van der Waals surface area contributed by atoms with Gasteiger partial charge in [-0.2, -0.15) is 0 Å². The number of carbonyl (C=O) groups is 2. The lowest BCUT2D eigenvalue weighted by molar-refractivity contribution is -0.122. The average Bonchev–Trinajstić information content (AvgIpc) is 2.54. The van der Waals surface area contributed by atoms with Gasteiger partial charge in [0, 0.05) is 10.0 Å². The molecule has 114 valence electrons. The van der Waals surface area contributed by atoms with Gasteiger partial charge in [0.05, 0.1) is 13.0 Å². The lowest BCUT2D eigenvalue weighted by Gasteiger charge is -2.08. The van der Waals surface area contributed by atoms with Gasteiger partial charge in [0.1, 0.15) is 5.75 Å². The van der Waals surface area contributed by atoms with E-state index in [-0.39, 0.29) is 24.8 Å². The van der Waals surface area contributed by atoms with Gasteiger partial charge < -0.3 is 4.74 Å². The number of nitrogens with one attached hydrogen (secondary N) is 2. The summed E-state index contributed by atoms with van der Waals surface area (Å²) in [5.74, 6) is 0.0143. The fourth-order valence-corrected chi connectivity index (χ4v) is 1.91. The number of amides is 2. The van der Waals surface area contributed by atoms with Crippen LogP contribution >= 0.6 is 15.9 Å². The van der Waals surface area contributed by atoms with Gasteiger partial charge in [-0.25, -0.2) is 0 Å². The van der Waals surface area contributed by atoms with E-state index in [9.17, 15) is 9.59 Å². The van der Waals surface area contributed by atoms with Gasteiger partial charge >= 0.3 is 0 Å². The Morgan fingerprint density at radius 2 is 1.64 bits per heavy atom. The Morgan fingerprint density at radius 1 is 0.955 bits per heavy atom. The summed E-state index contributed by atoms with van der Waals surface area (Å²) in [7, 11) is 0. The first-order valence-electron chi connectivity index (χ1n) is 6.68. The Balaban J connectivity index is 1.69. The summed E-state index contributed by atoms with van der Waals surface area (Å²) in [6.45, 7) is 0.240. The summed E-state index contributed by atoms with van der Waals surface area (Å²) in [5.41, 5.74) is 5.17. The van der Waals surface area contributed by atoms with Crippen molar-refractivity contribution in [3.63, 3.8) is 0 Å². The van der Waals surface area contributed by atoms with Crippen LogP contribution in [-0.2, 0) is 4.79 Å². The minimum absolute atomic E-state index is 0.148. The predicted octanol–water partition coefficient (Wildman–Crippen LogP) is 2.68. The molecule has 0 saturated carbocycles. The number of hydrogen-bond acceptors (Lipinski definition) is 3. The van der Waals surface area contributed by atoms with Crippen molar-refractivity contribution in [1.29, 1.82) is 0 Å². The number of ether oxygens (including phenoxy) is 1. The highest BCUT2D eigenvalue weighted by Gasteiger charge is 2.07. The highest BCUT2D eigenvalue weighted by molar-refractivity contribution is 9.10. The van der Waals surface area contributed by atoms with Gasteiger partial charge in [0.25, 0.3) is 5.91 Å². The predicted molar refractivity (Wildman–Crippen MR) is 86.3 cm³/mol. The minimum Gasteiger partial charge on any atom is -0.493 e. The maximum absolute atomic E-state index is 11.8. The molecule has 2 N–H and O–H groups in total. The number of carbonyl (C=O) groups excluding carboxylic acids is 2. The number of rotatable bonds is 5. The second-order valence-corrected chi connectivity index (χ2v) is 5.34. The number of hydrogen-bond donors (Lipinski definition) is 2. The third-order valence-corrected chi connectivity index (χ3v) is 3.29. The third kappa shape index (κ3) is 5.21. The Morgan fingerprint density at radius 3 is 2.32 bits per heavy atom. The summed E-state index contributed by atoms with van der Waals surface area (Å²) >= 11 is 3.29. The molecule has 0 aromatic heterocycles. The number of para-hydroxylation sites is 1. The molecule has 0 atom stereocenters. The molecule has 0 fully saturated rings. The summed E-state index contributed by atoms with van der Waals surface area (Å²) in [6.07, 6.45) is 0.148. The summed E-state index contributed by atoms with van der Waals surface area (Å²) < 4.78 is 6.28. The number of hydrazine groups is 1. The van der Waals surface area contributed by atoms with Crippen molar-refractivity contribution >= 4 is 27.7 Å². The molecule has 22 heavy (non-hydrogen) atoms. The quantitative estimate of drug-likeness (QED) is 0.803. The van der Waals surface area contributed by atoms with Gasteiger partial charge in [0.2, 0.25) is 5.91 Å². The minimum atomic E-state index is -0.371. The molecule has 5 nitrogen and oxygen atoms in total. The first-order chi connectivity index (χ1) is 10.6. The van der Waals surface area contributed by atoms with Crippen LogP contribution in [0, 0.1) is 0 Å². The van der Waals surface area contributed by atoms with Crippen LogP contribution < -0.4 is 15.6 Å². The largest absolute Gasteiger partial charge is 0.493 e. The Labute approximate surface area is 136 Å². The van der Waals surface area contributed by atoms with Crippen molar-refractivity contribution in [2.75, 3.05) is 6.61 Å². The van der Waals surface area contributed by atoms with Crippen molar-refractivity contribution < 1.29 is 14.3 Å². The Hall–Kier alpha value is -2.34. The molecule has 6 heteroatoms. The average molecular weight is 363 g/mol. The first-order valence-corrected chi connectivity index (χ1v) is 7.47. The maximum Gasteiger partial charge on any atom is 0.269 e. The highest BCUT2D eigenvalue weighted by Crippen LogP contribution is 2.10. The van der Waals surface area contributed by atoms with E-state index in [0.29, 0.717) is 11.3 Å². The monoisotopic (exact) mass is 362 g/mol. The second kappa shape index (κ2) is 8.19. The molecule has 0 heterocycles. The third-order valence-electron chi connectivity index (χ3n) is 2.76. The molecule has 0 bridgehead atoms. The van der Waals surface area contributed by atoms with Gasteiger partial charge in [-0.1, -0.05) is 34.1 Å². The van der Waals surface area contributed by atoms with Crippen LogP contribution in [0.5, 0.6) is 5.75 Å². The SMILES string of the molecule is O=C(CCOc1ccccc1)NNC(=O)c1ccc(Br)cc1. The van der Waals surface area contributed by atoms with Crippen molar-refractivity contribution in [3.8, 4) is 5.75 Å². The second-order valence-electron chi connectivity index (χ2n) is 4.42. The molecule has 0 unspecified atom stereocenters. The van der Waals surface area contributed by atoms with Crippen molar-refractivity contribution in [2.45, 2.75) is 6.42 Å².